The maximum Gasteiger partial charge on any atom is 0.258 e. The van der Waals surface area contributed by atoms with Gasteiger partial charge in [-0.2, -0.15) is 0 Å². The number of allylic oxidation sites excluding steroid dienone is 5. The Kier molecular flexibility index (Phi) is 14.7. The number of hydrogen-bond acceptors (Lipinski definition) is 4. The van der Waals surface area contributed by atoms with Crippen molar-refractivity contribution < 1.29 is 4.74 Å². The van der Waals surface area contributed by atoms with Gasteiger partial charge in [0.1, 0.15) is 11.5 Å². The van der Waals surface area contributed by atoms with Gasteiger partial charge in [0.25, 0.3) is 6.71 Å². The first kappa shape index (κ1) is 55.0. The number of hydrogen-bond donors (Lipinski definition) is 0. The number of benzene rings is 12. The Balaban J connectivity index is 1.18. The third-order valence-electron chi connectivity index (χ3n) is 17.0. The van der Waals surface area contributed by atoms with E-state index in [1.165, 1.54) is 0 Å². The maximum absolute atomic E-state index is 7.84. The summed E-state index contributed by atoms with van der Waals surface area (Å²) < 4.78 is 7.84. The smallest absolute Gasteiger partial charge is 0.258 e. The largest absolute Gasteiger partial charge is 0.458 e. The first-order chi connectivity index (χ1) is 43.2. The fourth-order valence-electron chi connectivity index (χ4n) is 12.9. The molecule has 0 saturated heterocycles. The first-order valence-corrected chi connectivity index (χ1v) is 30.4. The van der Waals surface area contributed by atoms with Gasteiger partial charge >= 0.3 is 0 Å². The molecule has 2 heterocycles. The average Bonchev–Trinajstić information content (AvgIpc) is 1.02. The van der Waals surface area contributed by atoms with Crippen LogP contribution in [0.3, 0.4) is 0 Å². The van der Waals surface area contributed by atoms with Gasteiger partial charge < -0.3 is 19.4 Å². The molecule has 4 nitrogen and oxygen atoms in total. The van der Waals surface area contributed by atoms with Crippen LogP contribution < -0.4 is 35.8 Å². The second-order valence-electron chi connectivity index (χ2n) is 23.7. The van der Waals surface area contributed by atoms with Crippen molar-refractivity contribution in [3.8, 4) is 56.0 Å². The van der Waals surface area contributed by atoms with Crippen LogP contribution in [0.5, 0.6) is 11.5 Å². The number of ether oxygens (including phenoxy) is 1. The second-order valence-corrected chi connectivity index (χ2v) is 23.7. The van der Waals surface area contributed by atoms with E-state index in [4.69, 9.17) is 11.3 Å². The molecule has 0 radical (unpaired) electrons. The van der Waals surface area contributed by atoms with Gasteiger partial charge in [-0.25, -0.2) is 0 Å². The summed E-state index contributed by atoms with van der Waals surface area (Å²) >= 11 is 0. The van der Waals surface area contributed by atoms with Crippen LogP contribution in [0.15, 0.2) is 322 Å². The lowest BCUT2D eigenvalue weighted by atomic mass is 9.32. The molecule has 0 N–H and O–H groups in total. The van der Waals surface area contributed by atoms with Crippen molar-refractivity contribution in [3.05, 3.63) is 333 Å². The van der Waals surface area contributed by atoms with Gasteiger partial charge in [0, 0.05) is 57.0 Å². The highest BCUT2D eigenvalue weighted by Crippen LogP contribution is 2.54. The molecule has 0 bridgehead atoms. The molecule has 2 aliphatic heterocycles. The molecule has 0 unspecified atom stereocenters. The zero-order chi connectivity index (χ0) is 59.7. The molecule has 14 rings (SSSR count). The van der Waals surface area contributed by atoms with E-state index in [2.05, 4.69) is 358 Å². The number of nitrogens with zero attached hydrogens (tertiary/aromatic N) is 3. The van der Waals surface area contributed by atoms with E-state index >= 15 is 0 Å². The summed E-state index contributed by atoms with van der Waals surface area (Å²) in [4.78, 5) is 7.36. The summed E-state index contributed by atoms with van der Waals surface area (Å²) in [6.07, 6.45) is 8.46. The fraction of sp³-hybridized carbons (Fsp3) is 0.0602. The van der Waals surface area contributed by atoms with Crippen molar-refractivity contribution in [1.29, 1.82) is 0 Å². The summed E-state index contributed by atoms with van der Waals surface area (Å²) in [6, 6.07) is 106. The van der Waals surface area contributed by atoms with Gasteiger partial charge in [-0.1, -0.05) is 246 Å². The molecule has 12 aromatic rings. The number of para-hydroxylation sites is 4. The minimum Gasteiger partial charge on any atom is -0.458 e. The minimum atomic E-state index is -0.373. The highest BCUT2D eigenvalue weighted by molar-refractivity contribution is 7.00. The molecular weight excluding hydrogens is 1070 g/mol. The van der Waals surface area contributed by atoms with E-state index in [1.54, 1.807) is 0 Å². The van der Waals surface area contributed by atoms with E-state index in [0.717, 1.165) is 140 Å². The van der Waals surface area contributed by atoms with E-state index in [0.29, 0.717) is 0 Å². The molecule has 0 atom stereocenters. The molecule has 0 spiro atoms. The van der Waals surface area contributed by atoms with Gasteiger partial charge in [-0.3, -0.25) is 0 Å². The average molecular weight is 1130 g/mol. The Morgan fingerprint density at radius 1 is 0.398 bits per heavy atom. The highest BCUT2D eigenvalue weighted by Gasteiger charge is 2.47. The number of anilines is 9. The Morgan fingerprint density at radius 2 is 0.807 bits per heavy atom. The van der Waals surface area contributed by atoms with Crippen LogP contribution in [0, 0.1) is 0 Å². The number of fused-ring (bicyclic) bond motifs is 4. The van der Waals surface area contributed by atoms with Gasteiger partial charge in [0.15, 0.2) is 0 Å². The molecule has 0 aromatic heterocycles. The Morgan fingerprint density at radius 3 is 1.26 bits per heavy atom. The Hall–Kier alpha value is -10.9. The molecule has 0 aliphatic carbocycles. The molecule has 0 amide bonds. The molecule has 0 fully saturated rings. The van der Waals surface area contributed by atoms with Crippen LogP contribution in [-0.2, 0) is 5.41 Å². The lowest BCUT2D eigenvalue weighted by Gasteiger charge is -2.44. The predicted molar refractivity (Wildman–Crippen MR) is 375 cm³/mol. The SMILES string of the molecule is C=C(/C=C\C=C/C)c1cc(N(c2ccccc2)c2ccccc2)cc2c1B1c3c(cc(N(c4ccccc4)c4ccccc4)cc3-c3ccccc3)Oc3cc(C(C)(C)C)cc(c31)N2c1c(-c2ccccc2)cc(-c2ccccc2)cc1-c1ccccc1. The van der Waals surface area contributed by atoms with Crippen molar-refractivity contribution in [3.63, 3.8) is 0 Å². The van der Waals surface area contributed by atoms with Crippen LogP contribution in [0.2, 0.25) is 0 Å². The second kappa shape index (κ2) is 23.5. The van der Waals surface area contributed by atoms with Gasteiger partial charge in [0.05, 0.1) is 11.4 Å². The molecule has 12 aromatic carbocycles. The van der Waals surface area contributed by atoms with Crippen LogP contribution in [-0.4, -0.2) is 6.71 Å². The van der Waals surface area contributed by atoms with Gasteiger partial charge in [-0.05, 0) is 170 Å². The molecular formula is C83H66BN3O. The van der Waals surface area contributed by atoms with E-state index < -0.39 is 0 Å². The van der Waals surface area contributed by atoms with Crippen LogP contribution in [0.25, 0.3) is 50.1 Å². The van der Waals surface area contributed by atoms with Crippen molar-refractivity contribution in [2.45, 2.75) is 33.1 Å². The van der Waals surface area contributed by atoms with E-state index in [9.17, 15) is 0 Å². The lowest BCUT2D eigenvalue weighted by Crippen LogP contribution is -2.61. The summed E-state index contributed by atoms with van der Waals surface area (Å²) in [6.45, 7) is 13.7. The van der Waals surface area contributed by atoms with E-state index in [-0.39, 0.29) is 12.1 Å². The fourth-order valence-corrected chi connectivity index (χ4v) is 12.9. The summed E-state index contributed by atoms with van der Waals surface area (Å²) in [7, 11) is 0. The summed E-state index contributed by atoms with van der Waals surface area (Å²) in [5.74, 6) is 1.62. The predicted octanol–water partition coefficient (Wildman–Crippen LogP) is 21.1. The zero-order valence-corrected chi connectivity index (χ0v) is 50.1. The van der Waals surface area contributed by atoms with Crippen molar-refractivity contribution in [1.82, 2.24) is 0 Å². The zero-order valence-electron chi connectivity index (χ0n) is 50.1. The Labute approximate surface area is 518 Å². The maximum atomic E-state index is 7.84. The normalized spacial score (nSPS) is 12.3. The lowest BCUT2D eigenvalue weighted by molar-refractivity contribution is 0.483. The van der Waals surface area contributed by atoms with Gasteiger partial charge in [0.2, 0.25) is 0 Å². The monoisotopic (exact) mass is 1130 g/mol. The number of rotatable bonds is 14. The quantitative estimate of drug-likeness (QED) is 0.0798. The molecule has 88 heavy (non-hydrogen) atoms. The van der Waals surface area contributed by atoms with Crippen LogP contribution in [0.1, 0.15) is 38.8 Å². The van der Waals surface area contributed by atoms with Crippen LogP contribution in [0.4, 0.5) is 51.2 Å². The summed E-state index contributed by atoms with van der Waals surface area (Å²) in [5, 5.41) is 0. The van der Waals surface area contributed by atoms with Gasteiger partial charge in [-0.15, -0.1) is 0 Å². The topological polar surface area (TPSA) is 19.0 Å². The Bertz CT molecular complexity index is 4430. The van der Waals surface area contributed by atoms with Crippen molar-refractivity contribution >= 4 is 79.9 Å². The molecule has 0 saturated carbocycles. The standard InChI is InChI=1S/C83H66BN3O/c1-6-7-16-33-58(2)71-54-69(85(65-42-25-12-26-43-65)66-44-27-13-28-45-66)56-76-79(71)84-80-72(60-36-19-9-20-37-60)55-70(86(67-46-29-14-30-47-67)68-48-31-15-32-49-68)57-78(80)88-77-53-64(83(3,4)5)52-75(81(77)84)87(76)82-73(61-38-21-10-22-39-61)50-63(59-34-17-8-18-35-59)51-74(82)62-40-23-11-24-41-62/h6-57H,2H2,1,3-5H3/b7-6-,33-16-. The molecule has 5 heteroatoms. The van der Waals surface area contributed by atoms with Crippen molar-refractivity contribution in [2.75, 3.05) is 14.7 Å². The molecule has 422 valence electrons. The van der Waals surface area contributed by atoms with E-state index in [1.807, 2.05) is 0 Å². The first-order valence-electron chi connectivity index (χ1n) is 30.4. The van der Waals surface area contributed by atoms with Crippen LogP contribution >= 0.6 is 0 Å². The summed E-state index contributed by atoms with van der Waals surface area (Å²) in [5.41, 5.74) is 24.1. The molecule has 2 aliphatic rings. The van der Waals surface area contributed by atoms with Crippen molar-refractivity contribution in [2.24, 2.45) is 0 Å². The minimum absolute atomic E-state index is 0.303. The highest BCUT2D eigenvalue weighted by atomic mass is 16.5. The third kappa shape index (κ3) is 10.3. The third-order valence-corrected chi connectivity index (χ3v) is 17.0.